The largest absolute Gasteiger partial charge is 0.468 e. The number of carbonyl (C=O) groups excluding carboxylic acids is 1. The Kier molecular flexibility index (Phi) is 4.24. The first kappa shape index (κ1) is 10.5. The summed E-state index contributed by atoms with van der Waals surface area (Å²) < 4.78 is 4.52. The first-order valence-corrected chi connectivity index (χ1v) is 5.81. The van der Waals surface area contributed by atoms with Crippen molar-refractivity contribution in [2.75, 3.05) is 12.9 Å². The molecule has 0 fully saturated rings. The summed E-state index contributed by atoms with van der Waals surface area (Å²) in [4.78, 5) is 15.0. The molecule has 1 rings (SSSR count). The fraction of sp³-hybridized carbons (Fsp3) is 0.500. The second kappa shape index (κ2) is 5.24. The van der Waals surface area contributed by atoms with Crippen molar-refractivity contribution < 1.29 is 9.53 Å². The van der Waals surface area contributed by atoms with Crippen LogP contribution >= 0.6 is 23.1 Å². The van der Waals surface area contributed by atoms with Gasteiger partial charge in [-0.1, -0.05) is 0 Å². The molecular weight excluding hydrogens is 206 g/mol. The highest BCUT2D eigenvalue weighted by Gasteiger charge is 2.02. The van der Waals surface area contributed by atoms with Gasteiger partial charge in [0.1, 0.15) is 0 Å². The Hall–Kier alpha value is -0.550. The number of methoxy groups -OCH3 is 1. The minimum absolute atomic E-state index is 0.183. The first-order chi connectivity index (χ1) is 6.22. The van der Waals surface area contributed by atoms with Crippen molar-refractivity contribution in [2.24, 2.45) is 0 Å². The van der Waals surface area contributed by atoms with Crippen molar-refractivity contribution in [3.63, 3.8) is 0 Å². The maximum atomic E-state index is 10.7. The van der Waals surface area contributed by atoms with Crippen LogP contribution in [0.2, 0.25) is 0 Å². The maximum absolute atomic E-state index is 10.7. The number of aryl methyl sites for hydroxylation is 1. The number of hydrogen-bond acceptors (Lipinski definition) is 5. The maximum Gasteiger partial charge on any atom is 0.315 e. The Morgan fingerprint density at radius 3 is 3.08 bits per heavy atom. The van der Waals surface area contributed by atoms with Gasteiger partial charge in [-0.3, -0.25) is 4.79 Å². The van der Waals surface area contributed by atoms with Crippen molar-refractivity contribution >= 4 is 29.1 Å². The number of esters is 1. The van der Waals surface area contributed by atoms with Gasteiger partial charge in [-0.15, -0.1) is 23.1 Å². The molecule has 1 heterocycles. The zero-order chi connectivity index (χ0) is 9.68. The topological polar surface area (TPSA) is 39.2 Å². The number of thiazole rings is 1. The molecular formula is C8H11NO2S2. The van der Waals surface area contributed by atoms with E-state index in [1.54, 1.807) is 11.3 Å². The summed E-state index contributed by atoms with van der Waals surface area (Å²) >= 11 is 3.15. The van der Waals surface area contributed by atoms with Gasteiger partial charge in [-0.25, -0.2) is 4.98 Å². The molecule has 13 heavy (non-hydrogen) atoms. The van der Waals surface area contributed by atoms with Crippen LogP contribution in [0.3, 0.4) is 0 Å². The number of rotatable bonds is 4. The third kappa shape index (κ3) is 3.78. The number of carbonyl (C=O) groups is 1. The molecule has 1 aromatic heterocycles. The molecule has 0 atom stereocenters. The third-order valence-electron chi connectivity index (χ3n) is 1.36. The van der Waals surface area contributed by atoms with Crippen molar-refractivity contribution in [2.45, 2.75) is 12.7 Å². The van der Waals surface area contributed by atoms with Crippen molar-refractivity contribution in [3.05, 3.63) is 16.1 Å². The van der Waals surface area contributed by atoms with Gasteiger partial charge in [0.25, 0.3) is 0 Å². The minimum atomic E-state index is -0.183. The molecule has 0 bridgehead atoms. The van der Waals surface area contributed by atoms with Gasteiger partial charge in [0.05, 0.1) is 23.6 Å². The third-order valence-corrected chi connectivity index (χ3v) is 3.13. The van der Waals surface area contributed by atoms with Crippen LogP contribution in [-0.4, -0.2) is 23.8 Å². The summed E-state index contributed by atoms with van der Waals surface area (Å²) in [7, 11) is 1.40. The van der Waals surface area contributed by atoms with E-state index in [0.717, 1.165) is 16.5 Å². The fourth-order valence-electron chi connectivity index (χ4n) is 0.772. The lowest BCUT2D eigenvalue weighted by Crippen LogP contribution is -2.03. The van der Waals surface area contributed by atoms with E-state index < -0.39 is 0 Å². The number of thioether (sulfide) groups is 1. The van der Waals surface area contributed by atoms with Gasteiger partial charge in [-0.05, 0) is 6.92 Å². The summed E-state index contributed by atoms with van der Waals surface area (Å²) in [6, 6.07) is 0. The van der Waals surface area contributed by atoms with E-state index >= 15 is 0 Å². The van der Waals surface area contributed by atoms with Gasteiger partial charge in [0.15, 0.2) is 0 Å². The highest BCUT2D eigenvalue weighted by atomic mass is 32.2. The molecule has 5 heteroatoms. The summed E-state index contributed by atoms with van der Waals surface area (Å²) in [5.41, 5.74) is 1.04. The molecule has 0 amide bonds. The Balaban J connectivity index is 2.24. The van der Waals surface area contributed by atoms with Crippen LogP contribution in [0, 0.1) is 6.92 Å². The quantitative estimate of drug-likeness (QED) is 0.722. The molecule has 0 unspecified atom stereocenters. The molecule has 0 saturated heterocycles. The van der Waals surface area contributed by atoms with Gasteiger partial charge in [0, 0.05) is 11.1 Å². The van der Waals surface area contributed by atoms with Crippen LogP contribution in [0.1, 0.15) is 10.7 Å². The monoisotopic (exact) mass is 217 g/mol. The second-order valence-electron chi connectivity index (χ2n) is 2.43. The molecule has 0 aliphatic carbocycles. The predicted molar refractivity (Wildman–Crippen MR) is 55.0 cm³/mol. The lowest BCUT2D eigenvalue weighted by molar-refractivity contribution is -0.137. The van der Waals surface area contributed by atoms with Crippen molar-refractivity contribution in [1.29, 1.82) is 0 Å². The summed E-state index contributed by atoms with van der Waals surface area (Å²) in [6.07, 6.45) is 0. The summed E-state index contributed by atoms with van der Waals surface area (Å²) in [5, 5.41) is 3.08. The molecule has 3 nitrogen and oxygen atoms in total. The normalized spacial score (nSPS) is 10.0. The van der Waals surface area contributed by atoms with Crippen LogP contribution in [0.5, 0.6) is 0 Å². The molecule has 72 valence electrons. The second-order valence-corrected chi connectivity index (χ2v) is 4.47. The van der Waals surface area contributed by atoms with E-state index in [-0.39, 0.29) is 5.97 Å². The van der Waals surface area contributed by atoms with Crippen LogP contribution < -0.4 is 0 Å². The first-order valence-electron chi connectivity index (χ1n) is 3.78. The molecule has 0 saturated carbocycles. The van der Waals surface area contributed by atoms with Crippen LogP contribution in [0.25, 0.3) is 0 Å². The van der Waals surface area contributed by atoms with Crippen LogP contribution in [0.4, 0.5) is 0 Å². The molecule has 0 radical (unpaired) electrons. The molecule has 0 N–H and O–H groups in total. The average molecular weight is 217 g/mol. The van der Waals surface area contributed by atoms with Crippen LogP contribution in [-0.2, 0) is 15.3 Å². The molecule has 0 spiro atoms. The number of ether oxygens (including phenoxy) is 1. The van der Waals surface area contributed by atoms with E-state index in [2.05, 4.69) is 9.72 Å². The van der Waals surface area contributed by atoms with Gasteiger partial charge in [0.2, 0.25) is 0 Å². The summed E-state index contributed by atoms with van der Waals surface area (Å²) in [6.45, 7) is 1.97. The minimum Gasteiger partial charge on any atom is -0.468 e. The zero-order valence-corrected chi connectivity index (χ0v) is 9.20. The number of nitrogens with zero attached hydrogens (tertiary/aromatic N) is 1. The Morgan fingerprint density at radius 1 is 1.77 bits per heavy atom. The highest BCUT2D eigenvalue weighted by molar-refractivity contribution is 7.99. The van der Waals surface area contributed by atoms with E-state index in [9.17, 15) is 4.79 Å². The molecule has 0 aliphatic heterocycles. The van der Waals surface area contributed by atoms with E-state index in [1.165, 1.54) is 18.9 Å². The Labute approximate surface area is 85.5 Å². The number of hydrogen-bond donors (Lipinski definition) is 0. The molecule has 0 aliphatic rings. The van der Waals surface area contributed by atoms with Crippen LogP contribution in [0.15, 0.2) is 5.38 Å². The zero-order valence-electron chi connectivity index (χ0n) is 7.57. The Morgan fingerprint density at radius 2 is 2.54 bits per heavy atom. The Bertz CT molecular complexity index is 285. The van der Waals surface area contributed by atoms with E-state index in [1.807, 2.05) is 12.3 Å². The lowest BCUT2D eigenvalue weighted by atomic mass is 10.6. The number of aromatic nitrogens is 1. The average Bonchev–Trinajstić information content (AvgIpc) is 2.51. The van der Waals surface area contributed by atoms with Gasteiger partial charge >= 0.3 is 5.97 Å². The van der Waals surface area contributed by atoms with Crippen molar-refractivity contribution in [3.8, 4) is 0 Å². The lowest BCUT2D eigenvalue weighted by Gasteiger charge is -1.96. The standard InChI is InChI=1S/C8H11NO2S2/c1-6-9-7(4-13-6)3-12-5-8(10)11-2/h4H,3,5H2,1-2H3. The highest BCUT2D eigenvalue weighted by Crippen LogP contribution is 2.14. The molecule has 1 aromatic rings. The van der Waals surface area contributed by atoms with Gasteiger partial charge in [-0.2, -0.15) is 0 Å². The fourth-order valence-corrected chi connectivity index (χ4v) is 2.23. The van der Waals surface area contributed by atoms with Gasteiger partial charge < -0.3 is 4.74 Å². The van der Waals surface area contributed by atoms with E-state index in [0.29, 0.717) is 5.75 Å². The summed E-state index contributed by atoms with van der Waals surface area (Å²) in [5.74, 6) is 0.990. The van der Waals surface area contributed by atoms with E-state index in [4.69, 9.17) is 0 Å². The smallest absolute Gasteiger partial charge is 0.315 e. The molecule has 0 aromatic carbocycles. The van der Waals surface area contributed by atoms with Crippen molar-refractivity contribution in [1.82, 2.24) is 4.98 Å². The SMILES string of the molecule is COC(=O)CSCc1csc(C)n1. The predicted octanol–water partition coefficient (Wildman–Crippen LogP) is 1.86.